The summed E-state index contributed by atoms with van der Waals surface area (Å²) in [6.07, 6.45) is 3.54. The van der Waals surface area contributed by atoms with Crippen molar-refractivity contribution in [2.24, 2.45) is 0 Å². The molecule has 0 spiro atoms. The number of aromatic nitrogens is 2. The van der Waals surface area contributed by atoms with Crippen molar-refractivity contribution in [3.8, 4) is 5.69 Å². The molecule has 0 atom stereocenters. The first-order valence-electron chi connectivity index (χ1n) is 7.20. The Kier molecular flexibility index (Phi) is 5.55. The summed E-state index contributed by atoms with van der Waals surface area (Å²) in [6, 6.07) is 5.24. The highest BCUT2D eigenvalue weighted by Gasteiger charge is 2.16. The Morgan fingerprint density at radius 1 is 1.35 bits per heavy atom. The van der Waals surface area contributed by atoms with Crippen molar-refractivity contribution in [1.82, 2.24) is 14.9 Å². The van der Waals surface area contributed by atoms with E-state index >= 15 is 0 Å². The second-order valence-electron chi connectivity index (χ2n) is 6.03. The second-order valence-corrected chi connectivity index (χ2v) is 6.87. The summed E-state index contributed by atoms with van der Waals surface area (Å²) in [4.78, 5) is 15.8. The Bertz CT molecular complexity index is 693. The summed E-state index contributed by atoms with van der Waals surface area (Å²) in [7, 11) is 0. The van der Waals surface area contributed by atoms with E-state index in [1.165, 1.54) is 0 Å². The molecule has 7 heteroatoms. The molecular formula is C16H19Cl2N3O2. The average Bonchev–Trinajstić information content (AvgIpc) is 2.88. The fraction of sp³-hybridized carbons (Fsp3) is 0.375. The molecule has 1 aromatic carbocycles. The van der Waals surface area contributed by atoms with Crippen molar-refractivity contribution in [2.45, 2.75) is 32.8 Å². The molecular weight excluding hydrogens is 337 g/mol. The highest BCUT2D eigenvalue weighted by molar-refractivity contribution is 6.34. The molecule has 0 saturated heterocycles. The minimum atomic E-state index is -0.514. The number of carbonyl (C=O) groups is 1. The van der Waals surface area contributed by atoms with E-state index in [9.17, 15) is 4.79 Å². The average molecular weight is 356 g/mol. The number of benzene rings is 1. The van der Waals surface area contributed by atoms with E-state index in [1.54, 1.807) is 30.7 Å². The van der Waals surface area contributed by atoms with Gasteiger partial charge in [0.15, 0.2) is 0 Å². The number of nitrogens with zero attached hydrogens (tertiary/aromatic N) is 2. The number of hydrogen-bond donors (Lipinski definition) is 1. The molecule has 1 heterocycles. The van der Waals surface area contributed by atoms with Crippen LogP contribution in [0.2, 0.25) is 10.0 Å². The normalized spacial score (nSPS) is 11.3. The van der Waals surface area contributed by atoms with E-state index in [-0.39, 0.29) is 0 Å². The first-order chi connectivity index (χ1) is 10.8. The number of imidazole rings is 1. The highest BCUT2D eigenvalue weighted by Crippen LogP contribution is 2.25. The first-order valence-corrected chi connectivity index (χ1v) is 7.95. The molecule has 1 aromatic heterocycles. The number of halogens is 2. The molecule has 23 heavy (non-hydrogen) atoms. The summed E-state index contributed by atoms with van der Waals surface area (Å²) < 4.78 is 7.05. The molecule has 1 N–H and O–H groups in total. The third-order valence-corrected chi connectivity index (χ3v) is 3.49. The number of carbonyl (C=O) groups excluding carboxylic acids is 1. The summed E-state index contributed by atoms with van der Waals surface area (Å²) >= 11 is 12.2. The molecule has 124 valence electrons. The molecule has 0 aliphatic rings. The number of rotatable bonds is 4. The Balaban J connectivity index is 2.02. The van der Waals surface area contributed by atoms with Crippen LogP contribution in [0.15, 0.2) is 30.7 Å². The molecule has 0 fully saturated rings. The maximum Gasteiger partial charge on any atom is 0.407 e. The monoisotopic (exact) mass is 355 g/mol. The van der Waals surface area contributed by atoms with Crippen LogP contribution in [0, 0.1) is 0 Å². The van der Waals surface area contributed by atoms with Crippen molar-refractivity contribution in [2.75, 3.05) is 6.54 Å². The van der Waals surface area contributed by atoms with Gasteiger partial charge >= 0.3 is 6.09 Å². The van der Waals surface area contributed by atoms with Crippen molar-refractivity contribution >= 4 is 29.3 Å². The third-order valence-electron chi connectivity index (χ3n) is 2.93. The third kappa shape index (κ3) is 5.15. The molecule has 2 rings (SSSR count). The lowest BCUT2D eigenvalue weighted by Gasteiger charge is -2.19. The Labute approximate surface area is 145 Å². The van der Waals surface area contributed by atoms with E-state index in [0.717, 1.165) is 11.4 Å². The SMILES string of the molecule is CC(C)(C)OC(=O)NCCc1cncn1-c1cc(Cl)ccc1Cl. The maximum absolute atomic E-state index is 11.6. The predicted octanol–water partition coefficient (Wildman–Crippen LogP) is 4.25. The summed E-state index contributed by atoms with van der Waals surface area (Å²) in [5, 5.41) is 3.89. The van der Waals surface area contributed by atoms with Crippen molar-refractivity contribution in [1.29, 1.82) is 0 Å². The van der Waals surface area contributed by atoms with E-state index in [2.05, 4.69) is 10.3 Å². The smallest absolute Gasteiger partial charge is 0.407 e. The van der Waals surface area contributed by atoms with Crippen molar-refractivity contribution in [3.63, 3.8) is 0 Å². The molecule has 2 aromatic rings. The van der Waals surface area contributed by atoms with Crippen molar-refractivity contribution < 1.29 is 9.53 Å². The van der Waals surface area contributed by atoms with Crippen LogP contribution in [-0.2, 0) is 11.2 Å². The predicted molar refractivity (Wildman–Crippen MR) is 91.5 cm³/mol. The largest absolute Gasteiger partial charge is 0.444 e. The molecule has 0 unspecified atom stereocenters. The number of alkyl carbamates (subject to hydrolysis) is 1. The topological polar surface area (TPSA) is 56.1 Å². The van der Waals surface area contributed by atoms with E-state index in [0.29, 0.717) is 23.0 Å². The molecule has 0 aliphatic carbocycles. The first kappa shape index (κ1) is 17.6. The van der Waals surface area contributed by atoms with Crippen molar-refractivity contribution in [3.05, 3.63) is 46.5 Å². The minimum Gasteiger partial charge on any atom is -0.444 e. The minimum absolute atomic E-state index is 0.429. The number of amides is 1. The summed E-state index contributed by atoms with van der Waals surface area (Å²) in [6.45, 7) is 5.90. The quantitative estimate of drug-likeness (QED) is 0.891. The Morgan fingerprint density at radius 3 is 2.78 bits per heavy atom. The van der Waals surface area contributed by atoms with Gasteiger partial charge < -0.3 is 14.6 Å². The zero-order chi connectivity index (χ0) is 17.0. The van der Waals surface area contributed by atoms with Gasteiger partial charge in [0.2, 0.25) is 0 Å². The van der Waals surface area contributed by atoms with Crippen LogP contribution in [0.5, 0.6) is 0 Å². The van der Waals surface area contributed by atoms with Crippen LogP contribution in [0.4, 0.5) is 4.79 Å². The number of hydrogen-bond acceptors (Lipinski definition) is 3. The summed E-state index contributed by atoms with van der Waals surface area (Å²) in [5.74, 6) is 0. The van der Waals surface area contributed by atoms with Crippen LogP contribution in [-0.4, -0.2) is 27.8 Å². The fourth-order valence-corrected chi connectivity index (χ4v) is 2.38. The van der Waals surface area contributed by atoms with Gasteiger partial charge in [0.1, 0.15) is 5.60 Å². The maximum atomic E-state index is 11.6. The lowest BCUT2D eigenvalue weighted by molar-refractivity contribution is 0.0528. The molecule has 5 nitrogen and oxygen atoms in total. The lowest BCUT2D eigenvalue weighted by atomic mass is 10.2. The molecule has 0 saturated carbocycles. The van der Waals surface area contributed by atoms with Gasteiger partial charge in [-0.15, -0.1) is 0 Å². The molecule has 0 bridgehead atoms. The number of nitrogens with one attached hydrogen (secondary N) is 1. The summed E-state index contributed by atoms with van der Waals surface area (Å²) in [5.41, 5.74) is 1.15. The Hall–Kier alpha value is -1.72. The van der Waals surface area contributed by atoms with Gasteiger partial charge in [-0.1, -0.05) is 23.2 Å². The van der Waals surface area contributed by atoms with E-state index in [4.69, 9.17) is 27.9 Å². The van der Waals surface area contributed by atoms with Gasteiger partial charge in [0, 0.05) is 29.9 Å². The molecule has 0 aliphatic heterocycles. The van der Waals surface area contributed by atoms with Gasteiger partial charge in [-0.05, 0) is 39.0 Å². The zero-order valence-electron chi connectivity index (χ0n) is 13.3. The second kappa shape index (κ2) is 7.23. The molecule has 0 radical (unpaired) electrons. The zero-order valence-corrected chi connectivity index (χ0v) is 14.8. The standard InChI is InChI=1S/C16H19Cl2N3O2/c1-16(2,3)23-15(22)20-7-6-12-9-19-10-21(12)14-8-11(17)4-5-13(14)18/h4-5,8-10H,6-7H2,1-3H3,(H,20,22). The highest BCUT2D eigenvalue weighted by atomic mass is 35.5. The molecule has 1 amide bonds. The van der Waals surface area contributed by atoms with Crippen LogP contribution in [0.3, 0.4) is 0 Å². The lowest BCUT2D eigenvalue weighted by Crippen LogP contribution is -2.33. The van der Waals surface area contributed by atoms with Gasteiger partial charge in [-0.2, -0.15) is 0 Å². The van der Waals surface area contributed by atoms with Gasteiger partial charge in [0.05, 0.1) is 17.0 Å². The van der Waals surface area contributed by atoms with Crippen LogP contribution < -0.4 is 5.32 Å². The van der Waals surface area contributed by atoms with Gasteiger partial charge in [0.25, 0.3) is 0 Å². The van der Waals surface area contributed by atoms with E-state index < -0.39 is 11.7 Å². The Morgan fingerprint density at radius 2 is 2.09 bits per heavy atom. The van der Waals surface area contributed by atoms with Gasteiger partial charge in [-0.3, -0.25) is 0 Å². The van der Waals surface area contributed by atoms with Crippen LogP contribution >= 0.6 is 23.2 Å². The fourth-order valence-electron chi connectivity index (χ4n) is 2.00. The van der Waals surface area contributed by atoms with E-state index in [1.807, 2.05) is 25.3 Å². The van der Waals surface area contributed by atoms with Crippen LogP contribution in [0.1, 0.15) is 26.5 Å². The number of ether oxygens (including phenoxy) is 1. The van der Waals surface area contributed by atoms with Crippen LogP contribution in [0.25, 0.3) is 5.69 Å². The van der Waals surface area contributed by atoms with Gasteiger partial charge in [-0.25, -0.2) is 9.78 Å².